The Morgan fingerprint density at radius 3 is 2.21 bits per heavy atom. The molecule has 1 aromatic carbocycles. The normalized spacial score (nSPS) is 10.7. The Kier molecular flexibility index (Phi) is 4.27. The predicted octanol–water partition coefficient (Wildman–Crippen LogP) is 3.44. The third-order valence-electron chi connectivity index (χ3n) is 3.09. The minimum Gasteiger partial charge on any atom is -0.309 e. The van der Waals surface area contributed by atoms with Gasteiger partial charge < -0.3 is 5.32 Å². The topological polar surface area (TPSA) is 24.9 Å². The molecular weight excluding hydrogens is 239 g/mol. The largest absolute Gasteiger partial charge is 0.309 e. The maximum Gasteiger partial charge on any atom is 0.129 e. The highest BCUT2D eigenvalue weighted by molar-refractivity contribution is 5.30. The molecule has 0 fully saturated rings. The molecule has 2 rings (SSSR count). The molecule has 1 N–H and O–H groups in total. The summed E-state index contributed by atoms with van der Waals surface area (Å²) < 4.78 is 13.5. The van der Waals surface area contributed by atoms with Crippen LogP contribution in [0.25, 0.3) is 0 Å². The van der Waals surface area contributed by atoms with E-state index in [1.807, 2.05) is 31.5 Å². The lowest BCUT2D eigenvalue weighted by molar-refractivity contribution is 0.606. The van der Waals surface area contributed by atoms with Gasteiger partial charge in [0, 0.05) is 25.5 Å². The van der Waals surface area contributed by atoms with Gasteiger partial charge in [-0.2, -0.15) is 0 Å². The highest BCUT2D eigenvalue weighted by Gasteiger charge is 2.04. The van der Waals surface area contributed by atoms with Crippen LogP contribution in [0.3, 0.4) is 0 Å². The van der Waals surface area contributed by atoms with Gasteiger partial charge in [0.25, 0.3) is 0 Å². The lowest BCUT2D eigenvalue weighted by Crippen LogP contribution is -2.13. The number of halogens is 1. The van der Waals surface area contributed by atoms with Crippen LogP contribution in [0.2, 0.25) is 0 Å². The first-order valence-electron chi connectivity index (χ1n) is 6.43. The molecular formula is C16H19FN2. The first-order chi connectivity index (χ1) is 9.06. The third-order valence-corrected chi connectivity index (χ3v) is 3.09. The number of rotatable bonds is 4. The molecule has 0 radical (unpaired) electrons. The second kappa shape index (κ2) is 5.93. The fourth-order valence-corrected chi connectivity index (χ4v) is 2.20. The van der Waals surface area contributed by atoms with Crippen LogP contribution in [-0.2, 0) is 13.1 Å². The zero-order valence-electron chi connectivity index (χ0n) is 11.6. The Balaban J connectivity index is 1.96. The Hall–Kier alpha value is -1.74. The number of hydrogen-bond donors (Lipinski definition) is 1. The minimum absolute atomic E-state index is 0.105. The van der Waals surface area contributed by atoms with Crippen molar-refractivity contribution in [1.29, 1.82) is 0 Å². The van der Waals surface area contributed by atoms with Gasteiger partial charge in [0.1, 0.15) is 5.82 Å². The summed E-state index contributed by atoms with van der Waals surface area (Å²) in [5.74, 6) is -0.105. The number of hydrogen-bond acceptors (Lipinski definition) is 2. The van der Waals surface area contributed by atoms with Crippen molar-refractivity contribution < 1.29 is 4.39 Å². The van der Waals surface area contributed by atoms with Crippen molar-refractivity contribution in [3.8, 4) is 0 Å². The molecule has 0 atom stereocenters. The fourth-order valence-electron chi connectivity index (χ4n) is 2.20. The first kappa shape index (κ1) is 13.7. The highest BCUT2D eigenvalue weighted by atomic mass is 19.1. The number of nitrogens with zero attached hydrogens (tertiary/aromatic N) is 1. The lowest BCUT2D eigenvalue weighted by atomic mass is 10.1. The van der Waals surface area contributed by atoms with E-state index in [0.29, 0.717) is 11.1 Å². The average molecular weight is 258 g/mol. The van der Waals surface area contributed by atoms with Crippen molar-refractivity contribution in [2.75, 3.05) is 0 Å². The molecule has 0 aliphatic rings. The fraction of sp³-hybridized carbons (Fsp3) is 0.312. The number of benzene rings is 1. The number of aryl methyl sites for hydroxylation is 3. The van der Waals surface area contributed by atoms with Gasteiger partial charge in [-0.3, -0.25) is 4.98 Å². The molecule has 0 unspecified atom stereocenters. The molecule has 3 heteroatoms. The summed E-state index contributed by atoms with van der Waals surface area (Å²) in [5, 5.41) is 3.36. The van der Waals surface area contributed by atoms with Crippen LogP contribution in [-0.4, -0.2) is 4.98 Å². The van der Waals surface area contributed by atoms with Gasteiger partial charge in [0.05, 0.1) is 0 Å². The van der Waals surface area contributed by atoms with E-state index in [1.165, 1.54) is 0 Å². The van der Waals surface area contributed by atoms with Crippen LogP contribution in [0.4, 0.5) is 4.39 Å². The van der Waals surface area contributed by atoms with E-state index >= 15 is 0 Å². The predicted molar refractivity (Wildman–Crippen MR) is 75.4 cm³/mol. The van der Waals surface area contributed by atoms with Gasteiger partial charge in [-0.05, 0) is 48.6 Å². The Morgan fingerprint density at radius 2 is 1.58 bits per heavy atom. The van der Waals surface area contributed by atoms with Crippen molar-refractivity contribution in [1.82, 2.24) is 10.3 Å². The van der Waals surface area contributed by atoms with Crippen LogP contribution < -0.4 is 5.32 Å². The molecule has 0 bridgehead atoms. The van der Waals surface area contributed by atoms with E-state index in [4.69, 9.17) is 0 Å². The Labute approximate surface area is 113 Å². The van der Waals surface area contributed by atoms with Gasteiger partial charge in [-0.15, -0.1) is 0 Å². The molecule has 0 amide bonds. The van der Waals surface area contributed by atoms with Crippen LogP contribution in [0.15, 0.2) is 30.6 Å². The summed E-state index contributed by atoms with van der Waals surface area (Å²) >= 11 is 0. The molecule has 0 saturated heterocycles. The van der Waals surface area contributed by atoms with Crippen LogP contribution in [0.5, 0.6) is 0 Å². The second-order valence-corrected chi connectivity index (χ2v) is 5.02. The monoisotopic (exact) mass is 258 g/mol. The minimum atomic E-state index is -0.105. The zero-order valence-corrected chi connectivity index (χ0v) is 11.6. The molecule has 1 aromatic heterocycles. The number of nitrogens with one attached hydrogen (secondary N) is 1. The standard InChI is InChI=1S/C16H19FN2/c1-11-4-15(9-18-7-11)10-19-8-14-5-12(2)16(17)13(3)6-14/h4-7,9,19H,8,10H2,1-3H3. The third kappa shape index (κ3) is 3.61. The second-order valence-electron chi connectivity index (χ2n) is 5.02. The van der Waals surface area contributed by atoms with E-state index in [1.54, 1.807) is 13.8 Å². The van der Waals surface area contributed by atoms with Gasteiger partial charge in [-0.1, -0.05) is 18.2 Å². The quantitative estimate of drug-likeness (QED) is 0.908. The first-order valence-corrected chi connectivity index (χ1v) is 6.43. The summed E-state index contributed by atoms with van der Waals surface area (Å²) in [7, 11) is 0. The molecule has 0 spiro atoms. The van der Waals surface area contributed by atoms with Crippen LogP contribution in [0.1, 0.15) is 27.8 Å². The zero-order chi connectivity index (χ0) is 13.8. The maximum absolute atomic E-state index is 13.5. The summed E-state index contributed by atoms with van der Waals surface area (Å²) in [5.41, 5.74) is 4.84. The van der Waals surface area contributed by atoms with E-state index < -0.39 is 0 Å². The summed E-state index contributed by atoms with van der Waals surface area (Å²) in [6.45, 7) is 7.13. The molecule has 19 heavy (non-hydrogen) atoms. The van der Waals surface area contributed by atoms with Gasteiger partial charge in [0.15, 0.2) is 0 Å². The highest BCUT2D eigenvalue weighted by Crippen LogP contribution is 2.14. The Morgan fingerprint density at radius 1 is 0.947 bits per heavy atom. The Bertz CT molecular complexity index is 556. The van der Waals surface area contributed by atoms with E-state index in [-0.39, 0.29) is 5.82 Å². The lowest BCUT2D eigenvalue weighted by Gasteiger charge is -2.08. The van der Waals surface area contributed by atoms with E-state index in [0.717, 1.165) is 29.8 Å². The van der Waals surface area contributed by atoms with Crippen molar-refractivity contribution in [3.05, 3.63) is 64.2 Å². The summed E-state index contributed by atoms with van der Waals surface area (Å²) in [6, 6.07) is 5.90. The smallest absolute Gasteiger partial charge is 0.129 e. The van der Waals surface area contributed by atoms with E-state index in [2.05, 4.69) is 16.4 Å². The van der Waals surface area contributed by atoms with Crippen LogP contribution >= 0.6 is 0 Å². The molecule has 0 saturated carbocycles. The van der Waals surface area contributed by atoms with Gasteiger partial charge in [0.2, 0.25) is 0 Å². The van der Waals surface area contributed by atoms with Crippen molar-refractivity contribution >= 4 is 0 Å². The molecule has 0 aliphatic heterocycles. The van der Waals surface area contributed by atoms with Crippen molar-refractivity contribution in [2.45, 2.75) is 33.9 Å². The maximum atomic E-state index is 13.5. The van der Waals surface area contributed by atoms with Crippen molar-refractivity contribution in [3.63, 3.8) is 0 Å². The number of pyridine rings is 1. The van der Waals surface area contributed by atoms with Gasteiger partial charge in [-0.25, -0.2) is 4.39 Å². The van der Waals surface area contributed by atoms with Crippen LogP contribution in [0, 0.1) is 26.6 Å². The van der Waals surface area contributed by atoms with Gasteiger partial charge >= 0.3 is 0 Å². The molecule has 2 aromatic rings. The van der Waals surface area contributed by atoms with E-state index in [9.17, 15) is 4.39 Å². The number of aromatic nitrogens is 1. The molecule has 1 heterocycles. The van der Waals surface area contributed by atoms with Crippen molar-refractivity contribution in [2.24, 2.45) is 0 Å². The SMILES string of the molecule is Cc1cncc(CNCc2cc(C)c(F)c(C)c2)c1. The summed E-state index contributed by atoms with van der Waals surface area (Å²) in [4.78, 5) is 4.16. The summed E-state index contributed by atoms with van der Waals surface area (Å²) in [6.07, 6.45) is 3.71. The molecule has 2 nitrogen and oxygen atoms in total. The molecule has 100 valence electrons. The molecule has 0 aliphatic carbocycles. The average Bonchev–Trinajstić information content (AvgIpc) is 2.36.